The summed E-state index contributed by atoms with van der Waals surface area (Å²) < 4.78 is -0.0674. The quantitative estimate of drug-likeness (QED) is 0.719. The highest BCUT2D eigenvalue weighted by atomic mass is 32.2. The summed E-state index contributed by atoms with van der Waals surface area (Å²) in [5.74, 6) is -0.570. The highest BCUT2D eigenvalue weighted by Gasteiger charge is 2.19. The van der Waals surface area contributed by atoms with Gasteiger partial charge in [-0.3, -0.25) is 4.79 Å². The maximum absolute atomic E-state index is 11.8. The van der Waals surface area contributed by atoms with Gasteiger partial charge in [-0.1, -0.05) is 0 Å². The summed E-state index contributed by atoms with van der Waals surface area (Å²) >= 11 is 1.65. The number of amides is 1. The minimum atomic E-state index is -0.388. The molecular weight excluding hydrogens is 238 g/mol. The number of benzene rings is 1. The average Bonchev–Trinajstić information content (AvgIpc) is 2.29. The van der Waals surface area contributed by atoms with Crippen molar-refractivity contribution in [2.24, 2.45) is 0 Å². The van der Waals surface area contributed by atoms with Gasteiger partial charge in [-0.15, -0.1) is 0 Å². The van der Waals surface area contributed by atoms with Crippen LogP contribution in [0.2, 0.25) is 0 Å². The van der Waals surface area contributed by atoms with Crippen LogP contribution in [0.5, 0.6) is 11.5 Å². The Labute approximate surface area is 105 Å². The third-order valence-corrected chi connectivity index (χ3v) is 3.70. The molecule has 0 aromatic heterocycles. The van der Waals surface area contributed by atoms with E-state index in [1.165, 1.54) is 18.2 Å². The maximum atomic E-state index is 11.8. The van der Waals surface area contributed by atoms with E-state index in [4.69, 9.17) is 0 Å². The number of phenols is 2. The predicted molar refractivity (Wildman–Crippen MR) is 69.7 cm³/mol. The Hall–Kier alpha value is -1.36. The fourth-order valence-electron chi connectivity index (χ4n) is 1.17. The van der Waals surface area contributed by atoms with Gasteiger partial charge in [-0.05, 0) is 38.3 Å². The molecule has 0 saturated carbocycles. The van der Waals surface area contributed by atoms with E-state index in [2.05, 4.69) is 5.32 Å². The fraction of sp³-hybridized carbons (Fsp3) is 0.417. The molecule has 0 heterocycles. The van der Waals surface area contributed by atoms with Gasteiger partial charge in [-0.2, -0.15) is 11.8 Å². The molecule has 0 bridgehead atoms. The van der Waals surface area contributed by atoms with Crippen LogP contribution in [0.1, 0.15) is 24.2 Å². The number of carbonyl (C=O) groups is 1. The van der Waals surface area contributed by atoms with Gasteiger partial charge in [-0.25, -0.2) is 0 Å². The summed E-state index contributed by atoms with van der Waals surface area (Å²) in [6, 6.07) is 3.87. The average molecular weight is 255 g/mol. The van der Waals surface area contributed by atoms with Gasteiger partial charge < -0.3 is 15.5 Å². The summed E-state index contributed by atoms with van der Waals surface area (Å²) in [5, 5.41) is 21.5. The molecule has 17 heavy (non-hydrogen) atoms. The summed E-state index contributed by atoms with van der Waals surface area (Å²) in [7, 11) is 0. The molecule has 1 amide bonds. The molecule has 0 unspecified atom stereocenters. The molecule has 1 aromatic carbocycles. The van der Waals surface area contributed by atoms with Crippen LogP contribution in [0.3, 0.4) is 0 Å². The molecule has 0 fully saturated rings. The molecule has 0 radical (unpaired) electrons. The number of aromatic hydroxyl groups is 2. The first-order valence-electron chi connectivity index (χ1n) is 5.21. The van der Waals surface area contributed by atoms with Gasteiger partial charge in [0.05, 0.1) is 5.56 Å². The zero-order chi connectivity index (χ0) is 13.1. The van der Waals surface area contributed by atoms with E-state index in [-0.39, 0.29) is 27.7 Å². The first-order chi connectivity index (χ1) is 7.85. The molecule has 94 valence electrons. The molecule has 0 aliphatic rings. The molecule has 0 saturated heterocycles. The van der Waals surface area contributed by atoms with E-state index in [0.717, 1.165) is 0 Å². The van der Waals surface area contributed by atoms with E-state index < -0.39 is 0 Å². The van der Waals surface area contributed by atoms with E-state index >= 15 is 0 Å². The molecule has 0 aliphatic carbocycles. The second-order valence-electron chi connectivity index (χ2n) is 4.35. The zero-order valence-corrected chi connectivity index (χ0v) is 11.0. The highest BCUT2D eigenvalue weighted by Crippen LogP contribution is 2.23. The van der Waals surface area contributed by atoms with Crippen molar-refractivity contribution in [3.05, 3.63) is 23.8 Å². The Kier molecular flexibility index (Phi) is 4.28. The van der Waals surface area contributed by atoms with Crippen molar-refractivity contribution in [3.63, 3.8) is 0 Å². The molecule has 0 aliphatic heterocycles. The molecule has 1 aromatic rings. The molecule has 0 spiro atoms. The van der Waals surface area contributed by atoms with E-state index in [0.29, 0.717) is 6.54 Å². The number of thioether (sulfide) groups is 1. The van der Waals surface area contributed by atoms with Crippen LogP contribution in [0, 0.1) is 0 Å². The monoisotopic (exact) mass is 255 g/mol. The Balaban J connectivity index is 2.74. The smallest absolute Gasteiger partial charge is 0.255 e. The maximum Gasteiger partial charge on any atom is 0.255 e. The fourth-order valence-corrected chi connectivity index (χ4v) is 1.38. The van der Waals surface area contributed by atoms with Gasteiger partial charge in [0.15, 0.2) is 0 Å². The number of hydrogen-bond acceptors (Lipinski definition) is 4. The van der Waals surface area contributed by atoms with Crippen LogP contribution in [0.4, 0.5) is 0 Å². The van der Waals surface area contributed by atoms with Crippen molar-refractivity contribution in [1.29, 1.82) is 0 Å². The van der Waals surface area contributed by atoms with Crippen molar-refractivity contribution in [2.75, 3.05) is 12.8 Å². The van der Waals surface area contributed by atoms with Gasteiger partial charge in [0.2, 0.25) is 0 Å². The first kappa shape index (κ1) is 13.7. The third-order valence-electron chi connectivity index (χ3n) is 2.45. The van der Waals surface area contributed by atoms with E-state index in [1.807, 2.05) is 20.1 Å². The van der Waals surface area contributed by atoms with Crippen molar-refractivity contribution in [1.82, 2.24) is 5.32 Å². The second-order valence-corrected chi connectivity index (χ2v) is 5.86. The lowest BCUT2D eigenvalue weighted by molar-refractivity contribution is 0.0947. The van der Waals surface area contributed by atoms with E-state index in [9.17, 15) is 15.0 Å². The van der Waals surface area contributed by atoms with Crippen LogP contribution in [0.15, 0.2) is 18.2 Å². The van der Waals surface area contributed by atoms with Gasteiger partial charge in [0, 0.05) is 11.3 Å². The number of phenolic OH excluding ortho intramolecular Hbond substituents is 2. The molecule has 1 rings (SSSR count). The lowest BCUT2D eigenvalue weighted by Crippen LogP contribution is -2.36. The third kappa shape index (κ3) is 3.85. The highest BCUT2D eigenvalue weighted by molar-refractivity contribution is 7.99. The summed E-state index contributed by atoms with van der Waals surface area (Å²) in [6.45, 7) is 4.52. The van der Waals surface area contributed by atoms with Crippen LogP contribution in [-0.2, 0) is 0 Å². The number of nitrogens with one attached hydrogen (secondary N) is 1. The Morgan fingerprint density at radius 3 is 2.65 bits per heavy atom. The molecule has 5 heteroatoms. The van der Waals surface area contributed by atoms with Crippen LogP contribution in [0.25, 0.3) is 0 Å². The second kappa shape index (κ2) is 5.31. The lowest BCUT2D eigenvalue weighted by Gasteiger charge is -2.22. The zero-order valence-electron chi connectivity index (χ0n) is 10.2. The van der Waals surface area contributed by atoms with E-state index in [1.54, 1.807) is 11.8 Å². The molecular formula is C12H17NO3S. The topological polar surface area (TPSA) is 69.6 Å². The summed E-state index contributed by atoms with van der Waals surface area (Å²) in [4.78, 5) is 11.8. The van der Waals surface area contributed by atoms with Crippen molar-refractivity contribution in [3.8, 4) is 11.5 Å². The Bertz CT molecular complexity index is 418. The summed E-state index contributed by atoms with van der Waals surface area (Å²) in [6.07, 6.45) is 1.97. The predicted octanol–water partition coefficient (Wildman–Crippen LogP) is 1.97. The number of hydrogen-bond donors (Lipinski definition) is 3. The Morgan fingerprint density at radius 1 is 1.41 bits per heavy atom. The van der Waals surface area contributed by atoms with Gasteiger partial charge >= 0.3 is 0 Å². The SMILES string of the molecule is CSC(C)(C)CNC(=O)c1cc(O)ccc1O. The molecule has 0 atom stereocenters. The largest absolute Gasteiger partial charge is 0.508 e. The van der Waals surface area contributed by atoms with Crippen LogP contribution < -0.4 is 5.32 Å². The molecule has 3 N–H and O–H groups in total. The standard InChI is InChI=1S/C12H17NO3S/c1-12(2,17-3)7-13-11(16)9-6-8(14)4-5-10(9)15/h4-6,14-15H,7H2,1-3H3,(H,13,16). The van der Waals surface area contributed by atoms with Crippen molar-refractivity contribution < 1.29 is 15.0 Å². The minimum Gasteiger partial charge on any atom is -0.508 e. The normalized spacial score (nSPS) is 11.2. The van der Waals surface area contributed by atoms with Crippen LogP contribution >= 0.6 is 11.8 Å². The van der Waals surface area contributed by atoms with Crippen LogP contribution in [-0.4, -0.2) is 33.7 Å². The Morgan fingerprint density at radius 2 is 2.06 bits per heavy atom. The lowest BCUT2D eigenvalue weighted by atomic mass is 10.1. The summed E-state index contributed by atoms with van der Waals surface area (Å²) in [5.41, 5.74) is 0.0851. The molecule has 4 nitrogen and oxygen atoms in total. The first-order valence-corrected chi connectivity index (χ1v) is 6.43. The van der Waals surface area contributed by atoms with Crippen molar-refractivity contribution in [2.45, 2.75) is 18.6 Å². The number of rotatable bonds is 4. The van der Waals surface area contributed by atoms with Gasteiger partial charge in [0.1, 0.15) is 11.5 Å². The number of carbonyl (C=O) groups excluding carboxylic acids is 1. The minimum absolute atomic E-state index is 0.0444. The van der Waals surface area contributed by atoms with Crippen molar-refractivity contribution >= 4 is 17.7 Å². The van der Waals surface area contributed by atoms with Gasteiger partial charge in [0.25, 0.3) is 5.91 Å².